The molecular formula is C25H20F6N4O6. The van der Waals surface area contributed by atoms with E-state index < -0.39 is 60.6 Å². The van der Waals surface area contributed by atoms with Crippen molar-refractivity contribution in [3.05, 3.63) is 64.8 Å². The average molecular weight is 586 g/mol. The van der Waals surface area contributed by atoms with Crippen LogP contribution in [0.2, 0.25) is 0 Å². The predicted octanol–water partition coefficient (Wildman–Crippen LogP) is 5.67. The number of hydrogen-bond donors (Lipinski definition) is 0. The fourth-order valence-corrected chi connectivity index (χ4v) is 3.36. The molecule has 0 saturated carbocycles. The van der Waals surface area contributed by atoms with E-state index in [4.69, 9.17) is 9.47 Å². The third kappa shape index (κ3) is 8.10. The Morgan fingerprint density at radius 2 is 1.76 bits per heavy atom. The van der Waals surface area contributed by atoms with E-state index in [1.165, 1.54) is 31.2 Å². The average Bonchev–Trinajstić information content (AvgIpc) is 3.35. The molecular weight excluding hydrogens is 566 g/mol. The number of nitriles is 1. The quantitative estimate of drug-likeness (QED) is 0.230. The standard InChI is InChI=1S/C25H20F6N4O6/c1-3-38-21(36)13-40-23(37)41-14(2)35-33-20(11-32)22(34-35)15-5-4-6-18(10-15)39-12-16-9-17(24(26,27)28)7-8-19(16)25(29,30)31/h4-10,14H,3,12-13H2,1-2H3. The number of carbonyl (C=O) groups is 2. The summed E-state index contributed by atoms with van der Waals surface area (Å²) >= 11 is 0. The normalized spacial score (nSPS) is 12.3. The van der Waals surface area contributed by atoms with Crippen molar-refractivity contribution in [1.29, 1.82) is 5.26 Å². The van der Waals surface area contributed by atoms with Crippen molar-refractivity contribution in [2.24, 2.45) is 0 Å². The number of nitrogens with zero attached hydrogens (tertiary/aromatic N) is 4. The fraction of sp³-hybridized carbons (Fsp3) is 0.320. The third-order valence-electron chi connectivity index (χ3n) is 5.18. The third-order valence-corrected chi connectivity index (χ3v) is 5.18. The van der Waals surface area contributed by atoms with Crippen molar-refractivity contribution >= 4 is 12.1 Å². The Balaban J connectivity index is 1.79. The van der Waals surface area contributed by atoms with Gasteiger partial charge in [-0.15, -0.1) is 15.0 Å². The minimum absolute atomic E-state index is 0.0247. The zero-order valence-corrected chi connectivity index (χ0v) is 21.2. The van der Waals surface area contributed by atoms with Crippen LogP contribution < -0.4 is 4.74 Å². The van der Waals surface area contributed by atoms with Crippen LogP contribution in [0, 0.1) is 11.3 Å². The van der Waals surface area contributed by atoms with Crippen molar-refractivity contribution in [3.63, 3.8) is 0 Å². The molecule has 0 N–H and O–H groups in total. The number of halogens is 6. The molecule has 0 aliphatic carbocycles. The number of hydrogen-bond acceptors (Lipinski definition) is 9. The van der Waals surface area contributed by atoms with Gasteiger partial charge in [-0.2, -0.15) is 31.6 Å². The SMILES string of the molecule is CCOC(=O)COC(=O)OC(C)n1nc(C#N)c(-c2cccc(OCc3cc(C(F)(F)F)ccc3C(F)(F)F)c2)n1. The molecule has 0 saturated heterocycles. The molecule has 10 nitrogen and oxygen atoms in total. The van der Waals surface area contributed by atoms with Crippen LogP contribution in [0.25, 0.3) is 11.3 Å². The van der Waals surface area contributed by atoms with Gasteiger partial charge in [0, 0.05) is 11.1 Å². The van der Waals surface area contributed by atoms with Crippen molar-refractivity contribution < 1.29 is 54.9 Å². The molecule has 1 atom stereocenters. The predicted molar refractivity (Wildman–Crippen MR) is 125 cm³/mol. The molecule has 0 amide bonds. The molecule has 1 heterocycles. The second kappa shape index (κ2) is 12.6. The van der Waals surface area contributed by atoms with Crippen LogP contribution in [0.1, 0.15) is 42.5 Å². The molecule has 2 aromatic carbocycles. The number of ether oxygens (including phenoxy) is 4. The van der Waals surface area contributed by atoms with Crippen molar-refractivity contribution in [2.75, 3.05) is 13.2 Å². The summed E-state index contributed by atoms with van der Waals surface area (Å²) in [4.78, 5) is 24.0. The Bertz CT molecular complexity index is 1450. The van der Waals surface area contributed by atoms with Crippen LogP contribution in [-0.2, 0) is 38.0 Å². The molecule has 0 aliphatic heterocycles. The number of alkyl halides is 6. The van der Waals surface area contributed by atoms with E-state index in [-0.39, 0.29) is 29.3 Å². The van der Waals surface area contributed by atoms with E-state index in [0.29, 0.717) is 18.2 Å². The maximum atomic E-state index is 13.4. The first-order chi connectivity index (χ1) is 19.2. The minimum Gasteiger partial charge on any atom is -0.489 e. The summed E-state index contributed by atoms with van der Waals surface area (Å²) in [5, 5.41) is 17.5. The summed E-state index contributed by atoms with van der Waals surface area (Å²) in [5.41, 5.74) is -3.33. The highest BCUT2D eigenvalue weighted by Gasteiger charge is 2.37. The van der Waals surface area contributed by atoms with Gasteiger partial charge in [0.1, 0.15) is 24.1 Å². The highest BCUT2D eigenvalue weighted by atomic mass is 19.4. The summed E-state index contributed by atoms with van der Waals surface area (Å²) in [7, 11) is 0. The lowest BCUT2D eigenvalue weighted by Crippen LogP contribution is -2.21. The Kier molecular flexibility index (Phi) is 9.43. The van der Waals surface area contributed by atoms with Gasteiger partial charge in [0.25, 0.3) is 0 Å². The molecule has 0 bridgehead atoms. The van der Waals surface area contributed by atoms with Gasteiger partial charge in [-0.3, -0.25) is 0 Å². The van der Waals surface area contributed by atoms with Crippen LogP contribution in [0.3, 0.4) is 0 Å². The molecule has 0 aliphatic rings. The zero-order chi connectivity index (χ0) is 30.4. The number of carbonyl (C=O) groups excluding carboxylic acids is 2. The van der Waals surface area contributed by atoms with Crippen molar-refractivity contribution in [3.8, 4) is 23.1 Å². The number of esters is 1. The molecule has 41 heavy (non-hydrogen) atoms. The van der Waals surface area contributed by atoms with Gasteiger partial charge < -0.3 is 18.9 Å². The summed E-state index contributed by atoms with van der Waals surface area (Å²) in [6, 6.07) is 8.34. The first-order valence-corrected chi connectivity index (χ1v) is 11.6. The second-order valence-electron chi connectivity index (χ2n) is 8.07. The summed E-state index contributed by atoms with van der Waals surface area (Å²) in [6.45, 7) is 1.44. The van der Waals surface area contributed by atoms with Gasteiger partial charge in [0.15, 0.2) is 12.3 Å². The van der Waals surface area contributed by atoms with Gasteiger partial charge >= 0.3 is 24.5 Å². The van der Waals surface area contributed by atoms with E-state index in [1.807, 2.05) is 0 Å². The summed E-state index contributed by atoms with van der Waals surface area (Å²) in [5.74, 6) is -0.841. The van der Waals surface area contributed by atoms with Gasteiger partial charge in [-0.05, 0) is 44.2 Å². The first-order valence-electron chi connectivity index (χ1n) is 11.6. The fourth-order valence-electron chi connectivity index (χ4n) is 3.36. The Morgan fingerprint density at radius 1 is 1.02 bits per heavy atom. The smallest absolute Gasteiger partial charge is 0.489 e. The van der Waals surface area contributed by atoms with E-state index in [2.05, 4.69) is 19.7 Å². The Morgan fingerprint density at radius 3 is 2.39 bits per heavy atom. The van der Waals surface area contributed by atoms with Crippen LogP contribution in [-0.4, -0.2) is 40.3 Å². The minimum atomic E-state index is -4.92. The Hall–Kier alpha value is -4.81. The monoisotopic (exact) mass is 586 g/mol. The van der Waals surface area contributed by atoms with Crippen LogP contribution in [0.5, 0.6) is 5.75 Å². The van der Waals surface area contributed by atoms with Gasteiger partial charge in [0.2, 0.25) is 6.23 Å². The molecule has 1 unspecified atom stereocenters. The van der Waals surface area contributed by atoms with E-state index >= 15 is 0 Å². The molecule has 0 fully saturated rings. The molecule has 3 aromatic rings. The maximum absolute atomic E-state index is 13.4. The first kappa shape index (κ1) is 30.7. The van der Waals surface area contributed by atoms with Gasteiger partial charge in [-0.1, -0.05) is 12.1 Å². The number of aromatic nitrogens is 3. The van der Waals surface area contributed by atoms with Crippen LogP contribution in [0.4, 0.5) is 31.1 Å². The summed E-state index contributed by atoms with van der Waals surface area (Å²) in [6.07, 6.45) is -12.2. The molecule has 16 heteroatoms. The molecule has 3 rings (SSSR count). The number of benzene rings is 2. The lowest BCUT2D eigenvalue weighted by molar-refractivity contribution is -0.147. The lowest BCUT2D eigenvalue weighted by atomic mass is 10.0. The topological polar surface area (TPSA) is 126 Å². The van der Waals surface area contributed by atoms with Crippen molar-refractivity contribution in [1.82, 2.24) is 15.0 Å². The Labute approximate surface area is 228 Å². The van der Waals surface area contributed by atoms with E-state index in [1.54, 1.807) is 13.0 Å². The van der Waals surface area contributed by atoms with E-state index in [0.717, 1.165) is 4.80 Å². The molecule has 0 spiro atoms. The van der Waals surface area contributed by atoms with Crippen LogP contribution in [0.15, 0.2) is 42.5 Å². The number of rotatable bonds is 9. The highest BCUT2D eigenvalue weighted by molar-refractivity contribution is 5.73. The second-order valence-corrected chi connectivity index (χ2v) is 8.07. The van der Waals surface area contributed by atoms with E-state index in [9.17, 15) is 41.2 Å². The van der Waals surface area contributed by atoms with Crippen molar-refractivity contribution in [2.45, 2.75) is 39.0 Å². The molecule has 218 valence electrons. The maximum Gasteiger partial charge on any atom is 0.510 e. The van der Waals surface area contributed by atoms with Gasteiger partial charge in [0.05, 0.1) is 17.7 Å². The van der Waals surface area contributed by atoms with Gasteiger partial charge in [-0.25, -0.2) is 9.59 Å². The molecule has 1 aromatic heterocycles. The lowest BCUT2D eigenvalue weighted by Gasteiger charge is -2.16. The largest absolute Gasteiger partial charge is 0.510 e. The van der Waals surface area contributed by atoms with Crippen LogP contribution >= 0.6 is 0 Å². The summed E-state index contributed by atoms with van der Waals surface area (Å²) < 4.78 is 99.0. The molecule has 0 radical (unpaired) electrons. The zero-order valence-electron chi connectivity index (χ0n) is 21.2. The highest BCUT2D eigenvalue weighted by Crippen LogP contribution is 2.37.